The van der Waals surface area contributed by atoms with E-state index < -0.39 is 14.2 Å². The molecule has 0 aliphatic rings. The molecule has 0 saturated heterocycles. The van der Waals surface area contributed by atoms with Gasteiger partial charge in [0.2, 0.25) is 0 Å². The Morgan fingerprint density at radius 2 is 1.69 bits per heavy atom. The van der Waals surface area contributed by atoms with E-state index in [-0.39, 0.29) is 25.1 Å². The summed E-state index contributed by atoms with van der Waals surface area (Å²) in [6.45, 7) is 4.70. The summed E-state index contributed by atoms with van der Waals surface area (Å²) >= 11 is 0. The molecule has 94 valence electrons. The maximum atomic E-state index is 12.2. The fourth-order valence-electron chi connectivity index (χ4n) is 1.01. The first-order valence-electron chi connectivity index (χ1n) is 5.10. The number of hydrogen-bond acceptors (Lipinski definition) is 5. The highest BCUT2D eigenvalue weighted by Crippen LogP contribution is 2.55. The van der Waals surface area contributed by atoms with Gasteiger partial charge in [-0.05, 0) is 26.3 Å². The molecule has 0 unspecified atom stereocenters. The van der Waals surface area contributed by atoms with Gasteiger partial charge in [-0.15, -0.1) is 5.73 Å². The zero-order valence-electron chi connectivity index (χ0n) is 9.89. The summed E-state index contributed by atoms with van der Waals surface area (Å²) in [5.74, 6) is 0. The van der Waals surface area contributed by atoms with E-state index in [4.69, 9.17) is 19.3 Å². The van der Waals surface area contributed by atoms with Crippen LogP contribution in [-0.4, -0.2) is 36.6 Å². The Balaban J connectivity index is 5.31. The number of aliphatic hydroxyl groups is 2. The summed E-state index contributed by atoms with van der Waals surface area (Å²) in [5, 5.41) is 18.0. The SMILES string of the molecule is CCOP(=O)(OCC)C(=C=C(C)CO)CO. The highest BCUT2D eigenvalue weighted by Gasteiger charge is 2.29. The molecule has 0 fully saturated rings. The molecule has 0 amide bonds. The summed E-state index contributed by atoms with van der Waals surface area (Å²) < 4.78 is 22.3. The topological polar surface area (TPSA) is 76.0 Å². The standard InChI is InChI=1S/C10H19O5P/c1-4-14-16(13,15-5-2)10(8-12)6-9(3)7-11/h11-12H,4-5,7-8H2,1-3H3. The van der Waals surface area contributed by atoms with E-state index in [1.165, 1.54) is 0 Å². The third-order valence-corrected chi connectivity index (χ3v) is 3.78. The highest BCUT2D eigenvalue weighted by molar-refractivity contribution is 7.58. The van der Waals surface area contributed by atoms with E-state index in [0.717, 1.165) is 0 Å². The second-order valence-electron chi connectivity index (χ2n) is 3.00. The van der Waals surface area contributed by atoms with Crippen LogP contribution in [0.1, 0.15) is 20.8 Å². The van der Waals surface area contributed by atoms with Crippen LogP contribution < -0.4 is 0 Å². The summed E-state index contributed by atoms with van der Waals surface area (Å²) in [6, 6.07) is 0. The van der Waals surface area contributed by atoms with E-state index >= 15 is 0 Å². The van der Waals surface area contributed by atoms with E-state index in [1.807, 2.05) is 0 Å². The average Bonchev–Trinajstić information content (AvgIpc) is 2.25. The minimum Gasteiger partial charge on any atom is -0.391 e. The maximum absolute atomic E-state index is 12.2. The van der Waals surface area contributed by atoms with E-state index in [9.17, 15) is 4.57 Å². The molecule has 0 saturated carbocycles. The predicted octanol–water partition coefficient (Wildman–Crippen LogP) is 1.67. The summed E-state index contributed by atoms with van der Waals surface area (Å²) in [6.07, 6.45) is 0. The molecule has 0 rings (SSSR count). The van der Waals surface area contributed by atoms with Crippen LogP contribution in [-0.2, 0) is 13.6 Å². The molecule has 0 aromatic heterocycles. The lowest BCUT2D eigenvalue weighted by Gasteiger charge is -2.17. The summed E-state index contributed by atoms with van der Waals surface area (Å²) in [4.78, 5) is 0. The first-order valence-corrected chi connectivity index (χ1v) is 6.65. The molecule has 0 bridgehead atoms. The van der Waals surface area contributed by atoms with Crippen molar-refractivity contribution < 1.29 is 23.8 Å². The van der Waals surface area contributed by atoms with Gasteiger partial charge in [0.15, 0.2) is 0 Å². The lowest BCUT2D eigenvalue weighted by atomic mass is 10.3. The molecule has 0 heterocycles. The van der Waals surface area contributed by atoms with Gasteiger partial charge in [0, 0.05) is 0 Å². The van der Waals surface area contributed by atoms with E-state index in [1.54, 1.807) is 20.8 Å². The van der Waals surface area contributed by atoms with Crippen molar-refractivity contribution in [3.8, 4) is 0 Å². The first-order chi connectivity index (χ1) is 7.53. The van der Waals surface area contributed by atoms with Crippen molar-refractivity contribution in [3.05, 3.63) is 16.6 Å². The van der Waals surface area contributed by atoms with Crippen LogP contribution in [0, 0.1) is 0 Å². The fourth-order valence-corrected chi connectivity index (χ4v) is 2.58. The predicted molar refractivity (Wildman–Crippen MR) is 61.2 cm³/mol. The van der Waals surface area contributed by atoms with E-state index in [0.29, 0.717) is 5.57 Å². The molecule has 0 radical (unpaired) electrons. The monoisotopic (exact) mass is 250 g/mol. The Labute approximate surface area is 95.9 Å². The van der Waals surface area contributed by atoms with Crippen LogP contribution in [0.15, 0.2) is 16.6 Å². The van der Waals surface area contributed by atoms with Gasteiger partial charge in [0.05, 0.1) is 26.4 Å². The molecule has 0 spiro atoms. The molecular formula is C10H19O5P. The quantitative estimate of drug-likeness (QED) is 0.531. The summed E-state index contributed by atoms with van der Waals surface area (Å²) in [5.41, 5.74) is 3.11. The molecular weight excluding hydrogens is 231 g/mol. The largest absolute Gasteiger partial charge is 0.391 e. The smallest absolute Gasteiger partial charge is 0.367 e. The molecule has 6 heteroatoms. The fraction of sp³-hybridized carbons (Fsp3) is 0.700. The van der Waals surface area contributed by atoms with Gasteiger partial charge in [-0.1, -0.05) is 0 Å². The average molecular weight is 250 g/mol. The minimum atomic E-state index is -3.47. The Morgan fingerprint density at radius 3 is 2.00 bits per heavy atom. The first kappa shape index (κ1) is 15.6. The van der Waals surface area contributed by atoms with Crippen molar-refractivity contribution in [3.63, 3.8) is 0 Å². The minimum absolute atomic E-state index is 0.0442. The van der Waals surface area contributed by atoms with Gasteiger partial charge >= 0.3 is 7.60 Å². The zero-order chi connectivity index (χ0) is 12.6. The highest BCUT2D eigenvalue weighted by atomic mass is 31.2. The number of aliphatic hydroxyl groups excluding tert-OH is 2. The van der Waals surface area contributed by atoms with Crippen LogP contribution >= 0.6 is 7.60 Å². The van der Waals surface area contributed by atoms with Crippen molar-refractivity contribution in [2.45, 2.75) is 20.8 Å². The van der Waals surface area contributed by atoms with Crippen LogP contribution in [0.3, 0.4) is 0 Å². The Morgan fingerprint density at radius 1 is 1.19 bits per heavy atom. The van der Waals surface area contributed by atoms with Crippen LogP contribution in [0.2, 0.25) is 0 Å². The number of hydrogen-bond donors (Lipinski definition) is 2. The molecule has 0 aliphatic carbocycles. The maximum Gasteiger partial charge on any atom is 0.367 e. The molecule has 0 atom stereocenters. The van der Waals surface area contributed by atoms with Crippen molar-refractivity contribution in [2.24, 2.45) is 0 Å². The second kappa shape index (κ2) is 7.80. The lowest BCUT2D eigenvalue weighted by Crippen LogP contribution is -2.01. The third kappa shape index (κ3) is 4.62. The van der Waals surface area contributed by atoms with Gasteiger partial charge in [-0.2, -0.15) is 0 Å². The molecule has 5 nitrogen and oxygen atoms in total. The lowest BCUT2D eigenvalue weighted by molar-refractivity contribution is 0.220. The van der Waals surface area contributed by atoms with Crippen molar-refractivity contribution in [1.82, 2.24) is 0 Å². The van der Waals surface area contributed by atoms with Gasteiger partial charge in [0.25, 0.3) is 0 Å². The third-order valence-electron chi connectivity index (χ3n) is 1.67. The van der Waals surface area contributed by atoms with Gasteiger partial charge < -0.3 is 19.3 Å². The molecule has 0 aromatic carbocycles. The second-order valence-corrected chi connectivity index (χ2v) is 5.05. The Hall–Kier alpha value is -0.410. The van der Waals surface area contributed by atoms with Crippen LogP contribution in [0.4, 0.5) is 0 Å². The van der Waals surface area contributed by atoms with Gasteiger partial charge in [-0.3, -0.25) is 4.57 Å². The Bertz CT molecular complexity index is 307. The van der Waals surface area contributed by atoms with Crippen molar-refractivity contribution in [1.29, 1.82) is 0 Å². The zero-order valence-corrected chi connectivity index (χ0v) is 10.8. The van der Waals surface area contributed by atoms with Crippen LogP contribution in [0.5, 0.6) is 0 Å². The summed E-state index contributed by atoms with van der Waals surface area (Å²) in [7, 11) is -3.47. The van der Waals surface area contributed by atoms with Crippen LogP contribution in [0.25, 0.3) is 0 Å². The van der Waals surface area contributed by atoms with E-state index in [2.05, 4.69) is 5.73 Å². The number of rotatable bonds is 7. The molecule has 0 aromatic rings. The molecule has 16 heavy (non-hydrogen) atoms. The van der Waals surface area contributed by atoms with Gasteiger partial charge in [0.1, 0.15) is 5.31 Å². The van der Waals surface area contributed by atoms with Crippen molar-refractivity contribution in [2.75, 3.05) is 26.4 Å². The van der Waals surface area contributed by atoms with Crippen molar-refractivity contribution >= 4 is 7.60 Å². The Kier molecular flexibility index (Phi) is 7.60. The molecule has 2 N–H and O–H groups in total. The van der Waals surface area contributed by atoms with Gasteiger partial charge in [-0.25, -0.2) is 0 Å². The normalized spacial score (nSPS) is 11.1. The molecule has 0 aliphatic heterocycles.